The Bertz CT molecular complexity index is 882. The number of carbonyl (C=O) groups excluding carboxylic acids is 2. The number of carbonyl (C=O) groups is 2. The van der Waals surface area contributed by atoms with Crippen LogP contribution in [0.4, 0.5) is 10.1 Å². The minimum atomic E-state index is -0.748. The first-order valence-corrected chi connectivity index (χ1v) is 9.07. The monoisotopic (exact) mass is 386 g/mol. The standard InChI is InChI=1S/C19H15FN2O2S2/c1-12(17(23)21-15-5-3-2-4-6-15)22-18(24)16(26-19(22)25)11-13-7-9-14(20)10-8-13/h2-12H,1H3,(H,21,23)/b16-11-. The summed E-state index contributed by atoms with van der Waals surface area (Å²) in [6, 6.07) is 14.1. The Morgan fingerprint density at radius 2 is 1.85 bits per heavy atom. The first-order chi connectivity index (χ1) is 12.5. The number of para-hydroxylation sites is 1. The molecule has 1 saturated heterocycles. The van der Waals surface area contributed by atoms with E-state index in [0.29, 0.717) is 20.5 Å². The highest BCUT2D eigenvalue weighted by molar-refractivity contribution is 8.26. The summed E-state index contributed by atoms with van der Waals surface area (Å²) < 4.78 is 13.3. The molecule has 2 aromatic rings. The smallest absolute Gasteiger partial charge is 0.266 e. The van der Waals surface area contributed by atoms with Crippen molar-refractivity contribution in [1.29, 1.82) is 0 Å². The number of benzene rings is 2. The second-order valence-electron chi connectivity index (χ2n) is 5.63. The highest BCUT2D eigenvalue weighted by Crippen LogP contribution is 2.34. The summed E-state index contributed by atoms with van der Waals surface area (Å²) in [7, 11) is 0. The highest BCUT2D eigenvalue weighted by atomic mass is 32.2. The number of amides is 2. The molecule has 0 saturated carbocycles. The lowest BCUT2D eigenvalue weighted by molar-refractivity contribution is -0.129. The maximum Gasteiger partial charge on any atom is 0.266 e. The highest BCUT2D eigenvalue weighted by Gasteiger charge is 2.38. The summed E-state index contributed by atoms with van der Waals surface area (Å²) in [5, 5.41) is 2.77. The van der Waals surface area contributed by atoms with E-state index in [9.17, 15) is 14.0 Å². The van der Waals surface area contributed by atoms with Crippen molar-refractivity contribution in [3.8, 4) is 0 Å². The molecule has 1 heterocycles. The van der Waals surface area contributed by atoms with E-state index in [-0.39, 0.29) is 17.6 Å². The minimum Gasteiger partial charge on any atom is -0.324 e. The van der Waals surface area contributed by atoms with Gasteiger partial charge in [0.1, 0.15) is 16.2 Å². The zero-order valence-corrected chi connectivity index (χ0v) is 15.4. The zero-order valence-electron chi connectivity index (χ0n) is 13.8. The Labute approximate surface area is 160 Å². The number of thioether (sulfide) groups is 1. The molecule has 0 aromatic heterocycles. The Morgan fingerprint density at radius 1 is 1.19 bits per heavy atom. The number of hydrogen-bond acceptors (Lipinski definition) is 4. The Kier molecular flexibility index (Phi) is 5.49. The van der Waals surface area contributed by atoms with Gasteiger partial charge >= 0.3 is 0 Å². The summed E-state index contributed by atoms with van der Waals surface area (Å²) in [4.78, 5) is 26.8. The van der Waals surface area contributed by atoms with Crippen LogP contribution in [0.1, 0.15) is 12.5 Å². The average molecular weight is 386 g/mol. The molecule has 1 unspecified atom stereocenters. The van der Waals surface area contributed by atoms with Crippen LogP contribution in [-0.2, 0) is 9.59 Å². The van der Waals surface area contributed by atoms with Crippen LogP contribution in [0.5, 0.6) is 0 Å². The van der Waals surface area contributed by atoms with Crippen LogP contribution >= 0.6 is 24.0 Å². The topological polar surface area (TPSA) is 49.4 Å². The molecule has 1 aliphatic rings. The molecule has 1 aliphatic heterocycles. The van der Waals surface area contributed by atoms with Gasteiger partial charge in [0.15, 0.2) is 0 Å². The van der Waals surface area contributed by atoms with Crippen molar-refractivity contribution >= 4 is 51.9 Å². The van der Waals surface area contributed by atoms with E-state index in [1.165, 1.54) is 17.0 Å². The summed E-state index contributed by atoms with van der Waals surface area (Å²) >= 11 is 6.41. The number of anilines is 1. The van der Waals surface area contributed by atoms with Crippen LogP contribution in [0.25, 0.3) is 6.08 Å². The van der Waals surface area contributed by atoms with Crippen LogP contribution in [0.2, 0.25) is 0 Å². The van der Waals surface area contributed by atoms with Gasteiger partial charge in [-0.25, -0.2) is 4.39 Å². The van der Waals surface area contributed by atoms with E-state index >= 15 is 0 Å². The van der Waals surface area contributed by atoms with Gasteiger partial charge in [-0.1, -0.05) is 54.3 Å². The summed E-state index contributed by atoms with van der Waals surface area (Å²) in [5.41, 5.74) is 1.34. The van der Waals surface area contributed by atoms with E-state index in [4.69, 9.17) is 12.2 Å². The van der Waals surface area contributed by atoms with Gasteiger partial charge in [0.25, 0.3) is 5.91 Å². The molecule has 2 aromatic carbocycles. The van der Waals surface area contributed by atoms with E-state index in [1.807, 2.05) is 18.2 Å². The Balaban J connectivity index is 1.75. The lowest BCUT2D eigenvalue weighted by Crippen LogP contribution is -2.44. The van der Waals surface area contributed by atoms with Gasteiger partial charge in [-0.15, -0.1) is 0 Å². The molecule has 0 radical (unpaired) electrons. The minimum absolute atomic E-state index is 0.319. The molecule has 0 spiro atoms. The van der Waals surface area contributed by atoms with Crippen molar-refractivity contribution in [2.45, 2.75) is 13.0 Å². The van der Waals surface area contributed by atoms with Crippen molar-refractivity contribution in [2.75, 3.05) is 5.32 Å². The number of thiocarbonyl (C=S) groups is 1. The van der Waals surface area contributed by atoms with Gasteiger partial charge in [0.2, 0.25) is 5.91 Å². The molecule has 1 fully saturated rings. The van der Waals surface area contributed by atoms with Crippen molar-refractivity contribution in [3.63, 3.8) is 0 Å². The molecular formula is C19H15FN2O2S2. The normalized spacial score (nSPS) is 16.8. The number of nitrogens with one attached hydrogen (secondary N) is 1. The number of nitrogens with zero attached hydrogens (tertiary/aromatic N) is 1. The molecule has 2 amide bonds. The van der Waals surface area contributed by atoms with Gasteiger partial charge in [-0.05, 0) is 42.8 Å². The fourth-order valence-corrected chi connectivity index (χ4v) is 3.83. The van der Waals surface area contributed by atoms with Crippen LogP contribution < -0.4 is 5.32 Å². The van der Waals surface area contributed by atoms with Gasteiger partial charge in [-0.2, -0.15) is 0 Å². The van der Waals surface area contributed by atoms with Gasteiger partial charge in [0.05, 0.1) is 4.91 Å². The second kappa shape index (κ2) is 7.80. The van der Waals surface area contributed by atoms with Gasteiger partial charge < -0.3 is 5.32 Å². The van der Waals surface area contributed by atoms with Crippen molar-refractivity contribution < 1.29 is 14.0 Å². The fraction of sp³-hybridized carbons (Fsp3) is 0.105. The van der Waals surface area contributed by atoms with Crippen LogP contribution in [0.15, 0.2) is 59.5 Å². The third-order valence-electron chi connectivity index (χ3n) is 3.80. The molecule has 7 heteroatoms. The largest absolute Gasteiger partial charge is 0.324 e. The third kappa shape index (κ3) is 4.00. The second-order valence-corrected chi connectivity index (χ2v) is 7.31. The van der Waals surface area contributed by atoms with E-state index < -0.39 is 6.04 Å². The van der Waals surface area contributed by atoms with Gasteiger partial charge in [-0.3, -0.25) is 14.5 Å². The Morgan fingerprint density at radius 3 is 2.50 bits per heavy atom. The lowest BCUT2D eigenvalue weighted by atomic mass is 10.2. The predicted molar refractivity (Wildman–Crippen MR) is 106 cm³/mol. The third-order valence-corrected chi connectivity index (χ3v) is 5.13. The molecule has 26 heavy (non-hydrogen) atoms. The first kappa shape index (κ1) is 18.3. The summed E-state index contributed by atoms with van der Waals surface area (Å²) in [6.45, 7) is 1.63. The molecule has 4 nitrogen and oxygen atoms in total. The lowest BCUT2D eigenvalue weighted by Gasteiger charge is -2.22. The number of rotatable bonds is 4. The summed E-state index contributed by atoms with van der Waals surface area (Å²) in [6.07, 6.45) is 1.64. The zero-order chi connectivity index (χ0) is 18.7. The van der Waals surface area contributed by atoms with Crippen LogP contribution in [-0.4, -0.2) is 27.1 Å². The van der Waals surface area contributed by atoms with Crippen molar-refractivity contribution in [3.05, 3.63) is 70.9 Å². The SMILES string of the molecule is CC(C(=O)Nc1ccccc1)N1C(=O)/C(=C/c2ccc(F)cc2)SC1=S. The van der Waals surface area contributed by atoms with E-state index in [1.54, 1.807) is 37.3 Å². The first-order valence-electron chi connectivity index (χ1n) is 7.84. The average Bonchev–Trinajstić information content (AvgIpc) is 2.90. The Hall–Kier alpha value is -2.51. The molecule has 3 rings (SSSR count). The van der Waals surface area contributed by atoms with E-state index in [0.717, 1.165) is 11.8 Å². The number of hydrogen-bond donors (Lipinski definition) is 1. The van der Waals surface area contributed by atoms with Crippen LogP contribution in [0.3, 0.4) is 0 Å². The summed E-state index contributed by atoms with van der Waals surface area (Å²) in [5.74, 6) is -1.00. The van der Waals surface area contributed by atoms with Gasteiger partial charge in [0, 0.05) is 5.69 Å². The maximum atomic E-state index is 13.0. The quantitative estimate of drug-likeness (QED) is 0.636. The van der Waals surface area contributed by atoms with Crippen molar-refractivity contribution in [1.82, 2.24) is 4.90 Å². The molecule has 0 aliphatic carbocycles. The molecular weight excluding hydrogens is 371 g/mol. The fourth-order valence-electron chi connectivity index (χ4n) is 2.41. The molecule has 1 N–H and O–H groups in total. The molecule has 0 bridgehead atoms. The van der Waals surface area contributed by atoms with Crippen molar-refractivity contribution in [2.24, 2.45) is 0 Å². The molecule has 132 valence electrons. The van der Waals surface area contributed by atoms with E-state index in [2.05, 4.69) is 5.32 Å². The predicted octanol–water partition coefficient (Wildman–Crippen LogP) is 4.05. The number of halogens is 1. The van der Waals surface area contributed by atoms with Crippen LogP contribution in [0, 0.1) is 5.82 Å². The molecule has 1 atom stereocenters. The maximum absolute atomic E-state index is 13.0.